The van der Waals surface area contributed by atoms with Crippen molar-refractivity contribution in [3.63, 3.8) is 0 Å². The summed E-state index contributed by atoms with van der Waals surface area (Å²) in [6.45, 7) is 2.17. The Morgan fingerprint density at radius 2 is 2.38 bits per heavy atom. The lowest BCUT2D eigenvalue weighted by atomic mass is 10.1. The standard InChI is InChI=1S/C7H13S/c1-2-7-5-3-4-6-8-7/h2,7H,3-6H2,1H3. The molecule has 0 aliphatic carbocycles. The quantitative estimate of drug-likeness (QED) is 0.524. The van der Waals surface area contributed by atoms with Gasteiger partial charge in [0.05, 0.1) is 0 Å². The minimum atomic E-state index is 0.878. The van der Waals surface area contributed by atoms with Crippen molar-refractivity contribution in [3.05, 3.63) is 6.42 Å². The summed E-state index contributed by atoms with van der Waals surface area (Å²) in [5.74, 6) is 1.38. The van der Waals surface area contributed by atoms with Gasteiger partial charge in [-0.15, -0.1) is 0 Å². The fraction of sp³-hybridized carbons (Fsp3) is 0.857. The van der Waals surface area contributed by atoms with E-state index in [1.165, 1.54) is 25.0 Å². The largest absolute Gasteiger partial charge is 0.158 e. The van der Waals surface area contributed by atoms with Gasteiger partial charge < -0.3 is 0 Å². The molecule has 0 spiro atoms. The van der Waals surface area contributed by atoms with E-state index in [-0.39, 0.29) is 0 Å². The molecular weight excluding hydrogens is 116 g/mol. The maximum Gasteiger partial charge on any atom is 0.00756 e. The van der Waals surface area contributed by atoms with Crippen molar-refractivity contribution in [1.82, 2.24) is 0 Å². The molecule has 47 valence electrons. The van der Waals surface area contributed by atoms with Crippen LogP contribution in [-0.2, 0) is 0 Å². The second kappa shape index (κ2) is 3.39. The van der Waals surface area contributed by atoms with Crippen LogP contribution in [0.5, 0.6) is 0 Å². The molecule has 1 unspecified atom stereocenters. The molecule has 0 aromatic heterocycles. The molecule has 1 aliphatic rings. The number of rotatable bonds is 1. The summed E-state index contributed by atoms with van der Waals surface area (Å²) >= 11 is 2.11. The first-order valence-electron chi connectivity index (χ1n) is 3.34. The van der Waals surface area contributed by atoms with Crippen molar-refractivity contribution in [2.24, 2.45) is 0 Å². The molecule has 1 radical (unpaired) electrons. The lowest BCUT2D eigenvalue weighted by Gasteiger charge is -2.18. The van der Waals surface area contributed by atoms with Crippen LogP contribution in [0.2, 0.25) is 0 Å². The van der Waals surface area contributed by atoms with Gasteiger partial charge in [-0.25, -0.2) is 0 Å². The van der Waals surface area contributed by atoms with Crippen LogP contribution < -0.4 is 0 Å². The first kappa shape index (κ1) is 6.47. The number of hydrogen-bond donors (Lipinski definition) is 0. The van der Waals surface area contributed by atoms with Gasteiger partial charge in [0.15, 0.2) is 0 Å². The maximum atomic E-state index is 2.32. The maximum absolute atomic E-state index is 2.32. The Bertz CT molecular complexity index is 55.4. The van der Waals surface area contributed by atoms with Crippen molar-refractivity contribution >= 4 is 11.8 Å². The van der Waals surface area contributed by atoms with Crippen molar-refractivity contribution in [1.29, 1.82) is 0 Å². The Balaban J connectivity index is 2.13. The van der Waals surface area contributed by atoms with Gasteiger partial charge in [0.2, 0.25) is 0 Å². The SMILES string of the molecule is C[CH]C1CCCCS1. The molecule has 1 heterocycles. The van der Waals surface area contributed by atoms with Crippen LogP contribution in [0.15, 0.2) is 0 Å². The highest BCUT2D eigenvalue weighted by Crippen LogP contribution is 2.26. The van der Waals surface area contributed by atoms with E-state index in [1.54, 1.807) is 0 Å². The van der Waals surface area contributed by atoms with Gasteiger partial charge in [-0.05, 0) is 25.0 Å². The molecule has 0 nitrogen and oxygen atoms in total. The van der Waals surface area contributed by atoms with Crippen LogP contribution in [0.4, 0.5) is 0 Å². The van der Waals surface area contributed by atoms with E-state index in [4.69, 9.17) is 0 Å². The Morgan fingerprint density at radius 3 is 2.75 bits per heavy atom. The molecule has 0 amide bonds. The third-order valence-corrected chi connectivity index (χ3v) is 3.05. The first-order chi connectivity index (χ1) is 3.93. The molecular formula is C7H13S. The summed E-state index contributed by atoms with van der Waals surface area (Å²) in [7, 11) is 0. The van der Waals surface area contributed by atoms with Crippen LogP contribution >= 0.6 is 11.8 Å². The minimum Gasteiger partial charge on any atom is -0.158 e. The minimum absolute atomic E-state index is 0.878. The Labute approximate surface area is 56.0 Å². The summed E-state index contributed by atoms with van der Waals surface area (Å²) in [5.41, 5.74) is 0. The molecule has 0 aromatic carbocycles. The summed E-state index contributed by atoms with van der Waals surface area (Å²) in [6, 6.07) is 0. The lowest BCUT2D eigenvalue weighted by Crippen LogP contribution is -2.07. The first-order valence-corrected chi connectivity index (χ1v) is 4.39. The Morgan fingerprint density at radius 1 is 1.50 bits per heavy atom. The van der Waals surface area contributed by atoms with Crippen molar-refractivity contribution in [2.75, 3.05) is 5.75 Å². The van der Waals surface area contributed by atoms with Crippen molar-refractivity contribution in [2.45, 2.75) is 31.4 Å². The van der Waals surface area contributed by atoms with Gasteiger partial charge in [-0.2, -0.15) is 11.8 Å². The van der Waals surface area contributed by atoms with E-state index >= 15 is 0 Å². The fourth-order valence-electron chi connectivity index (χ4n) is 1.03. The van der Waals surface area contributed by atoms with Gasteiger partial charge in [0, 0.05) is 5.25 Å². The second-order valence-electron chi connectivity index (χ2n) is 2.24. The predicted octanol–water partition coefficient (Wildman–Crippen LogP) is 2.50. The fourth-order valence-corrected chi connectivity index (χ4v) is 2.23. The van der Waals surface area contributed by atoms with Gasteiger partial charge in [-0.3, -0.25) is 0 Å². The van der Waals surface area contributed by atoms with Crippen LogP contribution in [-0.4, -0.2) is 11.0 Å². The number of hydrogen-bond acceptors (Lipinski definition) is 1. The normalized spacial score (nSPS) is 30.4. The summed E-state index contributed by atoms with van der Waals surface area (Å²) in [5, 5.41) is 0.878. The number of thioether (sulfide) groups is 1. The molecule has 1 atom stereocenters. The average molecular weight is 129 g/mol. The van der Waals surface area contributed by atoms with E-state index in [0.717, 1.165) is 5.25 Å². The highest BCUT2D eigenvalue weighted by Gasteiger charge is 2.10. The van der Waals surface area contributed by atoms with E-state index in [1.807, 2.05) is 0 Å². The third-order valence-electron chi connectivity index (χ3n) is 1.59. The zero-order valence-electron chi connectivity index (χ0n) is 5.39. The highest BCUT2D eigenvalue weighted by molar-refractivity contribution is 8.00. The zero-order chi connectivity index (χ0) is 5.82. The summed E-state index contributed by atoms with van der Waals surface area (Å²) < 4.78 is 0. The summed E-state index contributed by atoms with van der Waals surface area (Å²) in [6.07, 6.45) is 6.63. The molecule has 1 aliphatic heterocycles. The molecule has 0 bridgehead atoms. The molecule has 0 N–H and O–H groups in total. The van der Waals surface area contributed by atoms with Gasteiger partial charge in [-0.1, -0.05) is 13.3 Å². The van der Waals surface area contributed by atoms with E-state index in [2.05, 4.69) is 25.1 Å². The van der Waals surface area contributed by atoms with Crippen molar-refractivity contribution < 1.29 is 0 Å². The van der Waals surface area contributed by atoms with Crippen LogP contribution in [0.25, 0.3) is 0 Å². The van der Waals surface area contributed by atoms with Gasteiger partial charge in [0.1, 0.15) is 0 Å². The average Bonchev–Trinajstić information content (AvgIpc) is 1.90. The highest BCUT2D eigenvalue weighted by atomic mass is 32.2. The predicted molar refractivity (Wildman–Crippen MR) is 40.1 cm³/mol. The molecule has 8 heavy (non-hydrogen) atoms. The van der Waals surface area contributed by atoms with E-state index in [0.29, 0.717) is 0 Å². The van der Waals surface area contributed by atoms with Gasteiger partial charge in [0.25, 0.3) is 0 Å². The molecule has 1 fully saturated rings. The van der Waals surface area contributed by atoms with E-state index < -0.39 is 0 Å². The van der Waals surface area contributed by atoms with Gasteiger partial charge >= 0.3 is 0 Å². The Kier molecular flexibility index (Phi) is 2.74. The topological polar surface area (TPSA) is 0 Å². The smallest absolute Gasteiger partial charge is 0.00756 e. The lowest BCUT2D eigenvalue weighted by molar-refractivity contribution is 0.702. The van der Waals surface area contributed by atoms with E-state index in [9.17, 15) is 0 Å². The van der Waals surface area contributed by atoms with Crippen LogP contribution in [0.3, 0.4) is 0 Å². The monoisotopic (exact) mass is 129 g/mol. The molecule has 0 saturated carbocycles. The molecule has 0 aromatic rings. The van der Waals surface area contributed by atoms with Crippen molar-refractivity contribution in [3.8, 4) is 0 Å². The second-order valence-corrected chi connectivity index (χ2v) is 3.59. The third kappa shape index (κ3) is 1.70. The molecule has 1 heteroatoms. The summed E-state index contributed by atoms with van der Waals surface area (Å²) in [4.78, 5) is 0. The van der Waals surface area contributed by atoms with Crippen LogP contribution in [0, 0.1) is 6.42 Å². The zero-order valence-corrected chi connectivity index (χ0v) is 6.21. The molecule has 1 rings (SSSR count). The van der Waals surface area contributed by atoms with Crippen LogP contribution in [0.1, 0.15) is 26.2 Å². The molecule has 1 saturated heterocycles. The Hall–Kier alpha value is 0.350.